The van der Waals surface area contributed by atoms with E-state index in [9.17, 15) is 22.8 Å². The number of nitrogens with one attached hydrogen (secondary N) is 2. The Balaban J connectivity index is 2.63. The SMILES string of the molecule is CCC(=O)CCCCCC(CNc1cccc(C(C)=O)c1)NC(=O)CS(C)(=O)=O. The van der Waals surface area contributed by atoms with Gasteiger partial charge in [-0.25, -0.2) is 8.42 Å². The molecule has 162 valence electrons. The van der Waals surface area contributed by atoms with Crippen molar-refractivity contribution in [1.29, 1.82) is 0 Å². The zero-order valence-electron chi connectivity index (χ0n) is 17.5. The molecule has 0 saturated carbocycles. The number of amides is 1. The van der Waals surface area contributed by atoms with Gasteiger partial charge < -0.3 is 10.6 Å². The molecule has 0 aliphatic heterocycles. The molecule has 1 amide bonds. The van der Waals surface area contributed by atoms with Gasteiger partial charge in [0, 0.05) is 42.9 Å². The number of carbonyl (C=O) groups is 3. The van der Waals surface area contributed by atoms with E-state index in [2.05, 4.69) is 10.6 Å². The maximum Gasteiger partial charge on any atom is 0.235 e. The molecule has 0 saturated heterocycles. The van der Waals surface area contributed by atoms with Gasteiger partial charge in [0.2, 0.25) is 5.91 Å². The minimum Gasteiger partial charge on any atom is -0.383 e. The number of anilines is 1. The highest BCUT2D eigenvalue weighted by Gasteiger charge is 2.16. The predicted molar refractivity (Wildman–Crippen MR) is 115 cm³/mol. The minimum absolute atomic E-state index is 0.0340. The van der Waals surface area contributed by atoms with E-state index in [4.69, 9.17) is 0 Å². The van der Waals surface area contributed by atoms with Crippen LogP contribution in [0.3, 0.4) is 0 Å². The minimum atomic E-state index is -3.40. The Hall–Kier alpha value is -2.22. The molecule has 1 aromatic carbocycles. The Morgan fingerprint density at radius 2 is 1.83 bits per heavy atom. The smallest absolute Gasteiger partial charge is 0.235 e. The van der Waals surface area contributed by atoms with Crippen LogP contribution in [0.4, 0.5) is 5.69 Å². The summed E-state index contributed by atoms with van der Waals surface area (Å²) in [7, 11) is -3.40. The summed E-state index contributed by atoms with van der Waals surface area (Å²) in [6.45, 7) is 3.75. The van der Waals surface area contributed by atoms with Crippen molar-refractivity contribution in [1.82, 2.24) is 5.32 Å². The number of carbonyl (C=O) groups excluding carboxylic acids is 3. The largest absolute Gasteiger partial charge is 0.383 e. The predicted octanol–water partition coefficient (Wildman–Crippen LogP) is 2.76. The fraction of sp³-hybridized carbons (Fsp3) is 0.571. The molecule has 8 heteroatoms. The van der Waals surface area contributed by atoms with Gasteiger partial charge in [-0.15, -0.1) is 0 Å². The van der Waals surface area contributed by atoms with E-state index in [1.54, 1.807) is 18.2 Å². The van der Waals surface area contributed by atoms with Gasteiger partial charge in [0.1, 0.15) is 11.5 Å². The molecule has 7 nitrogen and oxygen atoms in total. The van der Waals surface area contributed by atoms with Crippen LogP contribution in [0.25, 0.3) is 0 Å². The molecule has 1 atom stereocenters. The molecule has 1 unspecified atom stereocenters. The van der Waals surface area contributed by atoms with Crippen LogP contribution in [0.15, 0.2) is 24.3 Å². The lowest BCUT2D eigenvalue weighted by Crippen LogP contribution is -2.42. The normalized spacial score (nSPS) is 12.2. The summed E-state index contributed by atoms with van der Waals surface area (Å²) in [5.74, 6) is -0.866. The maximum absolute atomic E-state index is 12.0. The van der Waals surface area contributed by atoms with Crippen LogP contribution < -0.4 is 10.6 Å². The van der Waals surface area contributed by atoms with Gasteiger partial charge in [0.05, 0.1) is 0 Å². The molecule has 2 N–H and O–H groups in total. The van der Waals surface area contributed by atoms with Crippen molar-refractivity contribution in [2.75, 3.05) is 23.9 Å². The number of ketones is 2. The first-order valence-electron chi connectivity index (χ1n) is 9.94. The third-order valence-corrected chi connectivity index (χ3v) is 5.27. The molecule has 0 radical (unpaired) electrons. The number of Topliss-reactive ketones (excluding diaryl/α,β-unsaturated/α-hetero) is 2. The average Bonchev–Trinajstić information content (AvgIpc) is 2.64. The number of hydrogen-bond acceptors (Lipinski definition) is 6. The summed E-state index contributed by atoms with van der Waals surface area (Å²) < 4.78 is 22.7. The van der Waals surface area contributed by atoms with Crippen LogP contribution in [0.1, 0.15) is 62.7 Å². The van der Waals surface area contributed by atoms with E-state index in [1.165, 1.54) is 6.92 Å². The molecule has 1 rings (SSSR count). The van der Waals surface area contributed by atoms with Crippen LogP contribution in [-0.2, 0) is 19.4 Å². The molecule has 0 aliphatic rings. The van der Waals surface area contributed by atoms with E-state index in [-0.39, 0.29) is 17.6 Å². The second-order valence-corrected chi connectivity index (χ2v) is 9.48. The molecule has 29 heavy (non-hydrogen) atoms. The zero-order valence-corrected chi connectivity index (χ0v) is 18.3. The molecule has 0 spiro atoms. The van der Waals surface area contributed by atoms with Crippen molar-refractivity contribution in [3.8, 4) is 0 Å². The summed E-state index contributed by atoms with van der Waals surface area (Å²) in [5, 5.41) is 5.98. The average molecular weight is 425 g/mol. The fourth-order valence-electron chi connectivity index (χ4n) is 2.89. The van der Waals surface area contributed by atoms with Gasteiger partial charge in [-0.3, -0.25) is 14.4 Å². The first-order chi connectivity index (χ1) is 13.6. The molecule has 0 aromatic heterocycles. The van der Waals surface area contributed by atoms with Crippen molar-refractivity contribution < 1.29 is 22.8 Å². The zero-order chi connectivity index (χ0) is 21.9. The van der Waals surface area contributed by atoms with Crippen molar-refractivity contribution in [3.05, 3.63) is 29.8 Å². The number of hydrogen-bond donors (Lipinski definition) is 2. The third-order valence-electron chi connectivity index (χ3n) is 4.48. The van der Waals surface area contributed by atoms with Crippen LogP contribution >= 0.6 is 0 Å². The van der Waals surface area contributed by atoms with E-state index in [0.29, 0.717) is 31.4 Å². The second-order valence-electron chi connectivity index (χ2n) is 7.34. The Labute approximate surface area is 173 Å². The van der Waals surface area contributed by atoms with Crippen LogP contribution in [0.5, 0.6) is 0 Å². The van der Waals surface area contributed by atoms with E-state index in [0.717, 1.165) is 31.2 Å². The standard InChI is InChI=1S/C21H32N2O5S/c1-4-20(25)12-7-5-6-10-19(23-21(26)15-29(3,27)28)14-22-18-11-8-9-17(13-18)16(2)24/h8-9,11,13,19,22H,4-7,10,12,14-15H2,1-3H3,(H,23,26). The number of rotatable bonds is 14. The van der Waals surface area contributed by atoms with Gasteiger partial charge in [-0.05, 0) is 31.9 Å². The van der Waals surface area contributed by atoms with E-state index < -0.39 is 21.5 Å². The molecular weight excluding hydrogens is 392 g/mol. The number of unbranched alkanes of at least 4 members (excludes halogenated alkanes) is 2. The molecule has 1 aromatic rings. The van der Waals surface area contributed by atoms with Gasteiger partial charge in [-0.2, -0.15) is 0 Å². The quantitative estimate of drug-likeness (QED) is 0.351. The topological polar surface area (TPSA) is 109 Å². The molecule has 0 heterocycles. The van der Waals surface area contributed by atoms with Gasteiger partial charge in [-0.1, -0.05) is 31.9 Å². The van der Waals surface area contributed by atoms with Crippen LogP contribution in [0.2, 0.25) is 0 Å². The van der Waals surface area contributed by atoms with Gasteiger partial charge >= 0.3 is 0 Å². The first kappa shape index (κ1) is 24.8. The highest BCUT2D eigenvalue weighted by molar-refractivity contribution is 7.91. The molecule has 0 aliphatic carbocycles. The second kappa shape index (κ2) is 12.4. The lowest BCUT2D eigenvalue weighted by molar-refractivity contribution is -0.119. The first-order valence-corrected chi connectivity index (χ1v) is 12.0. The maximum atomic E-state index is 12.0. The van der Waals surface area contributed by atoms with Crippen molar-refractivity contribution >= 4 is 33.0 Å². The Morgan fingerprint density at radius 3 is 2.45 bits per heavy atom. The molecular formula is C21H32N2O5S. The number of benzene rings is 1. The molecule has 0 bridgehead atoms. The highest BCUT2D eigenvalue weighted by Crippen LogP contribution is 2.13. The van der Waals surface area contributed by atoms with Crippen LogP contribution in [-0.4, -0.2) is 50.5 Å². The van der Waals surface area contributed by atoms with Gasteiger partial charge in [0.15, 0.2) is 15.6 Å². The Kier molecular flexibility index (Phi) is 10.6. The third kappa shape index (κ3) is 11.4. The van der Waals surface area contributed by atoms with Crippen LogP contribution in [0, 0.1) is 0 Å². The summed E-state index contributed by atoms with van der Waals surface area (Å²) in [5.41, 5.74) is 1.35. The lowest BCUT2D eigenvalue weighted by Gasteiger charge is -2.20. The molecule has 0 fully saturated rings. The van der Waals surface area contributed by atoms with Crippen molar-refractivity contribution in [3.63, 3.8) is 0 Å². The number of sulfone groups is 1. The Bertz CT molecular complexity index is 805. The van der Waals surface area contributed by atoms with E-state index >= 15 is 0 Å². The van der Waals surface area contributed by atoms with Gasteiger partial charge in [0.25, 0.3) is 0 Å². The lowest BCUT2D eigenvalue weighted by atomic mass is 10.0. The van der Waals surface area contributed by atoms with Crippen molar-refractivity contribution in [2.24, 2.45) is 0 Å². The summed E-state index contributed by atoms with van der Waals surface area (Å²) >= 11 is 0. The highest BCUT2D eigenvalue weighted by atomic mass is 32.2. The van der Waals surface area contributed by atoms with E-state index in [1.807, 2.05) is 13.0 Å². The summed E-state index contributed by atoms with van der Waals surface area (Å²) in [4.78, 5) is 34.9. The Morgan fingerprint density at radius 1 is 1.10 bits per heavy atom. The summed E-state index contributed by atoms with van der Waals surface area (Å²) in [6, 6.07) is 6.83. The summed E-state index contributed by atoms with van der Waals surface area (Å²) in [6.07, 6.45) is 5.29. The van der Waals surface area contributed by atoms with Crippen molar-refractivity contribution in [2.45, 2.75) is 58.4 Å². The monoisotopic (exact) mass is 424 g/mol. The fourth-order valence-corrected chi connectivity index (χ4v) is 3.45.